The highest BCUT2D eigenvalue weighted by Crippen LogP contribution is 2.12. The molecule has 0 spiro atoms. The molecule has 0 aliphatic carbocycles. The number of amides is 1. The van der Waals surface area contributed by atoms with Gasteiger partial charge in [0.15, 0.2) is 0 Å². The normalized spacial score (nSPS) is 15.1. The first-order chi connectivity index (χ1) is 11.2. The number of benzene rings is 1. The van der Waals surface area contributed by atoms with Gasteiger partial charge in [-0.2, -0.15) is 9.36 Å². The van der Waals surface area contributed by atoms with Gasteiger partial charge in [-0.25, -0.2) is 4.90 Å². The van der Waals surface area contributed by atoms with Crippen LogP contribution in [0.15, 0.2) is 48.8 Å². The van der Waals surface area contributed by atoms with Crippen LogP contribution in [0.25, 0.3) is 12.2 Å². The van der Waals surface area contributed by atoms with E-state index >= 15 is 0 Å². The second kappa shape index (κ2) is 7.40. The molecule has 3 rings (SSSR count). The van der Waals surface area contributed by atoms with Crippen molar-refractivity contribution in [2.24, 2.45) is 0 Å². The number of morpholine rings is 1. The van der Waals surface area contributed by atoms with Gasteiger partial charge in [0, 0.05) is 5.02 Å². The van der Waals surface area contributed by atoms with E-state index in [0.29, 0.717) is 26.3 Å². The first-order valence-corrected chi connectivity index (χ1v) is 7.92. The van der Waals surface area contributed by atoms with Gasteiger partial charge in [0.05, 0.1) is 25.6 Å². The predicted molar refractivity (Wildman–Crippen MR) is 90.2 cm³/mol. The van der Waals surface area contributed by atoms with Crippen LogP contribution in [0.4, 0.5) is 4.79 Å². The molecule has 0 bridgehead atoms. The van der Waals surface area contributed by atoms with Gasteiger partial charge in [-0.1, -0.05) is 35.9 Å². The lowest BCUT2D eigenvalue weighted by molar-refractivity contribution is -0.578. The SMILES string of the molecule is O=C(N1CCOCC1)[n+]1ccc(/C=C\c2ccc(Cl)cc2)cc1. The third-order valence-corrected chi connectivity index (χ3v) is 3.95. The number of nitrogens with zero attached hydrogens (tertiary/aromatic N) is 2. The van der Waals surface area contributed by atoms with Gasteiger partial charge in [-0.15, -0.1) is 0 Å². The second-order valence-electron chi connectivity index (χ2n) is 5.31. The first-order valence-electron chi connectivity index (χ1n) is 7.54. The number of pyridine rings is 1. The molecular formula is C18H18ClN2O2+. The summed E-state index contributed by atoms with van der Waals surface area (Å²) in [6.07, 6.45) is 7.60. The summed E-state index contributed by atoms with van der Waals surface area (Å²) in [5.74, 6) is 0. The molecule has 5 heteroatoms. The molecule has 0 unspecified atom stereocenters. The lowest BCUT2D eigenvalue weighted by Gasteiger charge is -2.19. The molecule has 1 aromatic carbocycles. The number of hydrogen-bond acceptors (Lipinski definition) is 2. The third-order valence-electron chi connectivity index (χ3n) is 3.70. The zero-order chi connectivity index (χ0) is 16.1. The van der Waals surface area contributed by atoms with Crippen molar-refractivity contribution in [3.8, 4) is 0 Å². The van der Waals surface area contributed by atoms with Gasteiger partial charge in [-0.3, -0.25) is 0 Å². The van der Waals surface area contributed by atoms with Crippen molar-refractivity contribution in [2.45, 2.75) is 0 Å². The summed E-state index contributed by atoms with van der Waals surface area (Å²) < 4.78 is 6.87. The van der Waals surface area contributed by atoms with Crippen molar-refractivity contribution in [2.75, 3.05) is 26.3 Å². The number of ether oxygens (including phenoxy) is 1. The Morgan fingerprint density at radius 1 is 1.00 bits per heavy atom. The maximum atomic E-state index is 12.3. The van der Waals surface area contributed by atoms with Gasteiger partial charge in [0.1, 0.15) is 13.1 Å². The minimum Gasteiger partial charge on any atom is -0.373 e. The molecule has 23 heavy (non-hydrogen) atoms. The highest BCUT2D eigenvalue weighted by molar-refractivity contribution is 6.30. The van der Waals surface area contributed by atoms with E-state index in [1.54, 1.807) is 21.9 Å². The Hall–Kier alpha value is -2.17. The lowest BCUT2D eigenvalue weighted by atomic mass is 10.1. The summed E-state index contributed by atoms with van der Waals surface area (Å²) in [7, 11) is 0. The Morgan fingerprint density at radius 3 is 2.17 bits per heavy atom. The minimum absolute atomic E-state index is 0.0125. The summed E-state index contributed by atoms with van der Waals surface area (Å²) in [5.41, 5.74) is 2.11. The van der Waals surface area contributed by atoms with Crippen LogP contribution >= 0.6 is 11.6 Å². The van der Waals surface area contributed by atoms with E-state index in [1.165, 1.54) is 0 Å². The van der Waals surface area contributed by atoms with Crippen molar-refractivity contribution < 1.29 is 14.1 Å². The molecule has 1 aromatic heterocycles. The standard InChI is InChI=1S/C18H18ClN2O2/c19-17-5-3-15(4-6-17)1-2-16-7-9-20(10-8-16)18(22)21-11-13-23-14-12-21/h1-10H,11-14H2/q+1/b2-1-. The molecule has 1 saturated heterocycles. The van der Waals surface area contributed by atoms with Gasteiger partial charge >= 0.3 is 6.03 Å². The Morgan fingerprint density at radius 2 is 1.57 bits per heavy atom. The van der Waals surface area contributed by atoms with Crippen LogP contribution in [-0.2, 0) is 4.74 Å². The van der Waals surface area contributed by atoms with Gasteiger partial charge in [-0.05, 0) is 35.4 Å². The number of rotatable bonds is 2. The maximum Gasteiger partial charge on any atom is 0.498 e. The summed E-state index contributed by atoms with van der Waals surface area (Å²) in [5, 5.41) is 0.726. The third kappa shape index (κ3) is 4.18. The fourth-order valence-electron chi connectivity index (χ4n) is 2.36. The van der Waals surface area contributed by atoms with Crippen LogP contribution < -0.4 is 4.57 Å². The van der Waals surface area contributed by atoms with E-state index in [-0.39, 0.29) is 6.03 Å². The van der Waals surface area contributed by atoms with Crippen molar-refractivity contribution in [3.05, 3.63) is 64.9 Å². The van der Waals surface area contributed by atoms with Crippen molar-refractivity contribution in [3.63, 3.8) is 0 Å². The number of aromatic nitrogens is 1. The Kier molecular flexibility index (Phi) is 5.05. The molecule has 1 fully saturated rings. The minimum atomic E-state index is -0.0125. The number of carbonyl (C=O) groups is 1. The van der Waals surface area contributed by atoms with Crippen LogP contribution in [0, 0.1) is 0 Å². The van der Waals surface area contributed by atoms with Gasteiger partial charge < -0.3 is 4.74 Å². The summed E-state index contributed by atoms with van der Waals surface area (Å²) in [6.45, 7) is 2.50. The molecule has 1 amide bonds. The summed E-state index contributed by atoms with van der Waals surface area (Å²) in [4.78, 5) is 14.1. The van der Waals surface area contributed by atoms with Crippen molar-refractivity contribution in [1.82, 2.24) is 4.90 Å². The number of halogens is 1. The largest absolute Gasteiger partial charge is 0.498 e. The van der Waals surface area contributed by atoms with Gasteiger partial charge in [0.25, 0.3) is 0 Å². The van der Waals surface area contributed by atoms with Crippen molar-refractivity contribution >= 4 is 29.8 Å². The number of carbonyl (C=O) groups excluding carboxylic acids is 1. The molecule has 118 valence electrons. The quantitative estimate of drug-likeness (QED) is 0.793. The summed E-state index contributed by atoms with van der Waals surface area (Å²) >= 11 is 5.87. The number of hydrogen-bond donors (Lipinski definition) is 0. The molecule has 1 aliphatic rings. The zero-order valence-corrected chi connectivity index (χ0v) is 13.4. The maximum absolute atomic E-state index is 12.3. The van der Waals surface area contributed by atoms with Crippen molar-refractivity contribution in [1.29, 1.82) is 0 Å². The van der Waals surface area contributed by atoms with E-state index in [9.17, 15) is 4.79 Å². The van der Waals surface area contributed by atoms with Crippen LogP contribution in [0.3, 0.4) is 0 Å². The first kappa shape index (κ1) is 15.7. The Balaban J connectivity index is 1.66. The average Bonchev–Trinajstić information content (AvgIpc) is 2.62. The van der Waals surface area contributed by atoms with Crippen LogP contribution in [0.5, 0.6) is 0 Å². The molecule has 2 aromatic rings. The van der Waals surface area contributed by atoms with E-state index in [2.05, 4.69) is 0 Å². The molecular weight excluding hydrogens is 312 g/mol. The fourth-order valence-corrected chi connectivity index (χ4v) is 2.49. The molecule has 4 nitrogen and oxygen atoms in total. The molecule has 0 atom stereocenters. The van der Waals surface area contributed by atoms with Crippen LogP contribution in [0.1, 0.15) is 11.1 Å². The predicted octanol–water partition coefficient (Wildman–Crippen LogP) is 3.10. The summed E-state index contributed by atoms with van der Waals surface area (Å²) in [6, 6.07) is 11.5. The van der Waals surface area contributed by atoms with E-state index in [1.807, 2.05) is 48.6 Å². The topological polar surface area (TPSA) is 33.4 Å². The van der Waals surface area contributed by atoms with Crippen LogP contribution in [0.2, 0.25) is 5.02 Å². The highest BCUT2D eigenvalue weighted by atomic mass is 35.5. The smallest absolute Gasteiger partial charge is 0.373 e. The van der Waals surface area contributed by atoms with E-state index in [0.717, 1.165) is 16.1 Å². The second-order valence-corrected chi connectivity index (χ2v) is 5.74. The van der Waals surface area contributed by atoms with Crippen LogP contribution in [-0.4, -0.2) is 37.2 Å². The zero-order valence-electron chi connectivity index (χ0n) is 12.7. The van der Waals surface area contributed by atoms with E-state index in [4.69, 9.17) is 16.3 Å². The lowest BCUT2D eigenvalue weighted by Crippen LogP contribution is -2.55. The highest BCUT2D eigenvalue weighted by Gasteiger charge is 2.26. The van der Waals surface area contributed by atoms with Gasteiger partial charge in [0.2, 0.25) is 0 Å². The average molecular weight is 330 g/mol. The monoisotopic (exact) mass is 329 g/mol. The Bertz CT molecular complexity index is 690. The molecule has 1 aliphatic heterocycles. The molecule has 0 radical (unpaired) electrons. The molecule has 0 saturated carbocycles. The fraction of sp³-hybridized carbons (Fsp3) is 0.222. The molecule has 0 N–H and O–H groups in total. The van der Waals surface area contributed by atoms with E-state index < -0.39 is 0 Å². The molecule has 2 heterocycles. The Labute approximate surface area is 140 Å².